The zero-order valence-electron chi connectivity index (χ0n) is 10.7. The smallest absolute Gasteiger partial charge is 0.123 e. The van der Waals surface area contributed by atoms with Gasteiger partial charge in [-0.25, -0.2) is 4.39 Å². The molecular weight excluding hydrogens is 233 g/mol. The van der Waals surface area contributed by atoms with E-state index in [-0.39, 0.29) is 10.6 Å². The molecule has 0 fully saturated rings. The Balaban J connectivity index is 2.80. The number of hydrogen-bond acceptors (Lipinski definition) is 2. The van der Waals surface area contributed by atoms with Gasteiger partial charge in [-0.3, -0.25) is 0 Å². The van der Waals surface area contributed by atoms with Crippen LogP contribution in [0.25, 0.3) is 0 Å². The summed E-state index contributed by atoms with van der Waals surface area (Å²) in [6.07, 6.45) is 4.48. The average molecular weight is 255 g/mol. The van der Waals surface area contributed by atoms with Crippen molar-refractivity contribution >= 4 is 11.8 Å². The van der Waals surface area contributed by atoms with Crippen LogP contribution in [0.2, 0.25) is 0 Å². The molecule has 1 aromatic rings. The first kappa shape index (κ1) is 14.5. The van der Waals surface area contributed by atoms with Crippen LogP contribution in [0.1, 0.15) is 39.5 Å². The van der Waals surface area contributed by atoms with Gasteiger partial charge in [0.2, 0.25) is 0 Å². The van der Waals surface area contributed by atoms with Gasteiger partial charge in [0.05, 0.1) is 0 Å². The fourth-order valence-electron chi connectivity index (χ4n) is 2.14. The molecule has 1 aromatic carbocycles. The lowest BCUT2D eigenvalue weighted by Crippen LogP contribution is -2.34. The van der Waals surface area contributed by atoms with Crippen LogP contribution in [-0.2, 0) is 0 Å². The van der Waals surface area contributed by atoms with Crippen molar-refractivity contribution in [2.45, 2.75) is 49.2 Å². The van der Waals surface area contributed by atoms with Crippen LogP contribution in [0.5, 0.6) is 0 Å². The van der Waals surface area contributed by atoms with Gasteiger partial charge in [-0.15, -0.1) is 11.8 Å². The van der Waals surface area contributed by atoms with Crippen LogP contribution in [-0.4, -0.2) is 11.3 Å². The SMILES string of the molecule is CCCC(CN)(CCC)Sc1ccc(F)cc1. The highest BCUT2D eigenvalue weighted by atomic mass is 32.2. The Hall–Kier alpha value is -0.540. The molecule has 1 rings (SSSR count). The highest BCUT2D eigenvalue weighted by Gasteiger charge is 2.27. The van der Waals surface area contributed by atoms with Crippen LogP contribution in [0.3, 0.4) is 0 Å². The second-order valence-electron chi connectivity index (χ2n) is 4.44. The molecule has 0 atom stereocenters. The third kappa shape index (κ3) is 4.32. The summed E-state index contributed by atoms with van der Waals surface area (Å²) in [7, 11) is 0. The van der Waals surface area contributed by atoms with Crippen molar-refractivity contribution in [2.24, 2.45) is 5.73 Å². The predicted molar refractivity (Wildman–Crippen MR) is 73.9 cm³/mol. The van der Waals surface area contributed by atoms with Crippen molar-refractivity contribution in [2.75, 3.05) is 6.54 Å². The largest absolute Gasteiger partial charge is 0.329 e. The van der Waals surface area contributed by atoms with Crippen molar-refractivity contribution in [1.29, 1.82) is 0 Å². The fraction of sp³-hybridized carbons (Fsp3) is 0.571. The van der Waals surface area contributed by atoms with Gasteiger partial charge < -0.3 is 5.73 Å². The summed E-state index contributed by atoms with van der Waals surface area (Å²) in [4.78, 5) is 1.11. The Morgan fingerprint density at radius 2 is 1.65 bits per heavy atom. The minimum atomic E-state index is -0.182. The summed E-state index contributed by atoms with van der Waals surface area (Å²) in [6, 6.07) is 6.72. The Kier molecular flexibility index (Phi) is 6.00. The third-order valence-corrected chi connectivity index (χ3v) is 4.45. The number of benzene rings is 1. The van der Waals surface area contributed by atoms with E-state index < -0.39 is 0 Å². The van der Waals surface area contributed by atoms with Gasteiger partial charge in [-0.1, -0.05) is 26.7 Å². The molecular formula is C14H22FNS. The van der Waals surface area contributed by atoms with Crippen molar-refractivity contribution < 1.29 is 4.39 Å². The van der Waals surface area contributed by atoms with Crippen LogP contribution in [0.15, 0.2) is 29.2 Å². The highest BCUT2D eigenvalue weighted by Crippen LogP contribution is 2.39. The third-order valence-electron chi connectivity index (χ3n) is 2.93. The van der Waals surface area contributed by atoms with E-state index in [1.165, 1.54) is 12.1 Å². The van der Waals surface area contributed by atoms with Crippen molar-refractivity contribution in [3.05, 3.63) is 30.1 Å². The Labute approximate surface area is 108 Å². The van der Waals surface area contributed by atoms with E-state index in [1.807, 2.05) is 12.1 Å². The second kappa shape index (κ2) is 7.02. The second-order valence-corrected chi connectivity index (χ2v) is 5.98. The monoisotopic (exact) mass is 255 g/mol. The summed E-state index contributed by atoms with van der Waals surface area (Å²) in [5, 5.41) is 0. The standard InChI is InChI=1S/C14H22FNS/c1-3-9-14(11-16,10-4-2)17-13-7-5-12(15)6-8-13/h5-8H,3-4,9-11,16H2,1-2H3. The summed E-state index contributed by atoms with van der Waals surface area (Å²) < 4.78 is 13.0. The molecule has 0 aromatic heterocycles. The van der Waals surface area contributed by atoms with Gasteiger partial charge >= 0.3 is 0 Å². The fourth-order valence-corrected chi connectivity index (χ4v) is 3.60. The van der Waals surface area contributed by atoms with Gasteiger partial charge in [0.15, 0.2) is 0 Å². The van der Waals surface area contributed by atoms with Gasteiger partial charge in [0.1, 0.15) is 5.82 Å². The van der Waals surface area contributed by atoms with Crippen LogP contribution >= 0.6 is 11.8 Å². The normalized spacial score (nSPS) is 11.8. The molecule has 96 valence electrons. The van der Waals surface area contributed by atoms with Crippen LogP contribution < -0.4 is 5.73 Å². The molecule has 0 unspecified atom stereocenters. The van der Waals surface area contributed by atoms with E-state index in [9.17, 15) is 4.39 Å². The van der Waals surface area contributed by atoms with E-state index in [0.717, 1.165) is 30.6 Å². The first-order valence-electron chi connectivity index (χ1n) is 6.30. The van der Waals surface area contributed by atoms with E-state index in [2.05, 4.69) is 13.8 Å². The van der Waals surface area contributed by atoms with E-state index >= 15 is 0 Å². The Morgan fingerprint density at radius 3 is 2.06 bits per heavy atom. The number of halogens is 1. The molecule has 0 heterocycles. The lowest BCUT2D eigenvalue weighted by Gasteiger charge is -2.31. The number of hydrogen-bond donors (Lipinski definition) is 1. The van der Waals surface area contributed by atoms with E-state index in [0.29, 0.717) is 6.54 Å². The molecule has 17 heavy (non-hydrogen) atoms. The summed E-state index contributed by atoms with van der Waals surface area (Å²) in [5.41, 5.74) is 5.96. The van der Waals surface area contributed by atoms with Gasteiger partial charge in [0.25, 0.3) is 0 Å². The molecule has 0 bridgehead atoms. The molecule has 0 aliphatic rings. The Bertz CT molecular complexity index is 317. The summed E-state index contributed by atoms with van der Waals surface area (Å²) in [5.74, 6) is -0.182. The van der Waals surface area contributed by atoms with Crippen molar-refractivity contribution in [1.82, 2.24) is 0 Å². The van der Waals surface area contributed by atoms with Crippen LogP contribution in [0, 0.1) is 5.82 Å². The molecule has 0 aliphatic heterocycles. The summed E-state index contributed by atoms with van der Waals surface area (Å²) in [6.45, 7) is 5.05. The average Bonchev–Trinajstić information content (AvgIpc) is 2.33. The van der Waals surface area contributed by atoms with Gasteiger partial charge in [-0.2, -0.15) is 0 Å². The molecule has 0 saturated heterocycles. The molecule has 0 aliphatic carbocycles. The highest BCUT2D eigenvalue weighted by molar-refractivity contribution is 8.00. The molecule has 3 heteroatoms. The lowest BCUT2D eigenvalue weighted by molar-refractivity contribution is 0.498. The zero-order valence-corrected chi connectivity index (χ0v) is 11.5. The molecule has 1 nitrogen and oxygen atoms in total. The maximum atomic E-state index is 12.9. The quantitative estimate of drug-likeness (QED) is 0.738. The molecule has 2 N–H and O–H groups in total. The topological polar surface area (TPSA) is 26.0 Å². The number of nitrogens with two attached hydrogens (primary N) is 1. The minimum absolute atomic E-state index is 0.112. The zero-order chi connectivity index (χ0) is 12.7. The lowest BCUT2D eigenvalue weighted by atomic mass is 9.97. The minimum Gasteiger partial charge on any atom is -0.329 e. The molecule has 0 amide bonds. The molecule has 0 radical (unpaired) electrons. The van der Waals surface area contributed by atoms with Crippen LogP contribution in [0.4, 0.5) is 4.39 Å². The maximum Gasteiger partial charge on any atom is 0.123 e. The maximum absolute atomic E-state index is 12.9. The number of thioether (sulfide) groups is 1. The van der Waals surface area contributed by atoms with Gasteiger partial charge in [0, 0.05) is 16.2 Å². The van der Waals surface area contributed by atoms with E-state index in [4.69, 9.17) is 5.73 Å². The van der Waals surface area contributed by atoms with Gasteiger partial charge in [-0.05, 0) is 37.1 Å². The molecule has 0 saturated carbocycles. The summed E-state index contributed by atoms with van der Waals surface area (Å²) >= 11 is 1.80. The van der Waals surface area contributed by atoms with E-state index in [1.54, 1.807) is 11.8 Å². The molecule has 0 spiro atoms. The van der Waals surface area contributed by atoms with Crippen molar-refractivity contribution in [3.8, 4) is 0 Å². The number of rotatable bonds is 7. The first-order valence-corrected chi connectivity index (χ1v) is 7.12. The first-order chi connectivity index (χ1) is 8.15. The Morgan fingerprint density at radius 1 is 1.12 bits per heavy atom. The van der Waals surface area contributed by atoms with Crippen molar-refractivity contribution in [3.63, 3.8) is 0 Å². The predicted octanol–water partition coefficient (Wildman–Crippen LogP) is 4.22.